The summed E-state index contributed by atoms with van der Waals surface area (Å²) in [7, 11) is 0. The van der Waals surface area contributed by atoms with Crippen LogP contribution in [-0.2, 0) is 0 Å². The highest BCUT2D eigenvalue weighted by Gasteiger charge is 2.34. The summed E-state index contributed by atoms with van der Waals surface area (Å²) in [5, 5.41) is 3.51. The molecular formula is C8H15N. The molecule has 0 amide bonds. The molecule has 1 N–H and O–H groups in total. The van der Waals surface area contributed by atoms with Crippen molar-refractivity contribution in [3.05, 3.63) is 0 Å². The number of fused-ring (bicyclic) bond motifs is 1. The Morgan fingerprint density at radius 3 is 2.44 bits per heavy atom. The van der Waals surface area contributed by atoms with Crippen molar-refractivity contribution in [2.24, 2.45) is 11.8 Å². The minimum Gasteiger partial charge on any atom is -0.314 e. The minimum absolute atomic E-state index is 0.798. The van der Waals surface area contributed by atoms with Crippen molar-refractivity contribution >= 4 is 0 Å². The third-order valence-electron chi connectivity index (χ3n) is 2.96. The zero-order valence-electron chi connectivity index (χ0n) is 6.06. The van der Waals surface area contributed by atoms with Gasteiger partial charge in [0.05, 0.1) is 0 Å². The maximum Gasteiger partial charge on any atom is 0.00415 e. The van der Waals surface area contributed by atoms with Gasteiger partial charge in [-0.15, -0.1) is 0 Å². The van der Waals surface area contributed by atoms with E-state index in [9.17, 15) is 0 Å². The first-order valence-electron chi connectivity index (χ1n) is 4.09. The second kappa shape index (κ2) is 1.98. The number of hydrogen-bond acceptors (Lipinski definition) is 1. The monoisotopic (exact) mass is 125 g/mol. The summed E-state index contributed by atoms with van der Waals surface area (Å²) in [5.74, 6) is 2.16. The third kappa shape index (κ3) is 0.877. The van der Waals surface area contributed by atoms with Crippen LogP contribution in [0.2, 0.25) is 0 Å². The Morgan fingerprint density at radius 1 is 1.22 bits per heavy atom. The smallest absolute Gasteiger partial charge is 0.00415 e. The van der Waals surface area contributed by atoms with Crippen molar-refractivity contribution in [3.63, 3.8) is 0 Å². The first-order valence-corrected chi connectivity index (χ1v) is 4.09. The summed E-state index contributed by atoms with van der Waals surface area (Å²) in [6.07, 6.45) is 4.44. The Hall–Kier alpha value is -0.0400. The van der Waals surface area contributed by atoms with Gasteiger partial charge in [0.15, 0.2) is 0 Å². The molecule has 2 rings (SSSR count). The SMILES string of the molecule is CC1CC2CCC2CN1. The number of hydrogen-bond donors (Lipinski definition) is 1. The lowest BCUT2D eigenvalue weighted by atomic mass is 9.68. The first-order chi connectivity index (χ1) is 4.36. The molecule has 3 atom stereocenters. The van der Waals surface area contributed by atoms with Gasteiger partial charge in [0.2, 0.25) is 0 Å². The Bertz CT molecular complexity index is 111. The van der Waals surface area contributed by atoms with E-state index in [0.29, 0.717) is 0 Å². The van der Waals surface area contributed by atoms with Crippen molar-refractivity contribution in [2.75, 3.05) is 6.54 Å². The van der Waals surface area contributed by atoms with Crippen molar-refractivity contribution in [1.82, 2.24) is 5.32 Å². The van der Waals surface area contributed by atoms with E-state index >= 15 is 0 Å². The minimum atomic E-state index is 0.798. The van der Waals surface area contributed by atoms with Gasteiger partial charge in [-0.1, -0.05) is 0 Å². The van der Waals surface area contributed by atoms with Crippen LogP contribution in [0.3, 0.4) is 0 Å². The molecule has 2 aliphatic rings. The van der Waals surface area contributed by atoms with Gasteiger partial charge in [-0.25, -0.2) is 0 Å². The highest BCUT2D eigenvalue weighted by atomic mass is 14.9. The quantitative estimate of drug-likeness (QED) is 0.516. The third-order valence-corrected chi connectivity index (χ3v) is 2.96. The standard InChI is InChI=1S/C8H15N/c1-6-4-7-2-3-8(7)5-9-6/h6-9H,2-5H2,1H3. The topological polar surface area (TPSA) is 12.0 Å². The normalized spacial score (nSPS) is 49.7. The predicted octanol–water partition coefficient (Wildman–Crippen LogP) is 1.39. The van der Waals surface area contributed by atoms with Crippen LogP contribution in [0.4, 0.5) is 0 Å². The maximum atomic E-state index is 3.51. The fourth-order valence-electron chi connectivity index (χ4n) is 2.11. The van der Waals surface area contributed by atoms with Gasteiger partial charge in [0.25, 0.3) is 0 Å². The van der Waals surface area contributed by atoms with Gasteiger partial charge >= 0.3 is 0 Å². The second-order valence-corrected chi connectivity index (χ2v) is 3.64. The summed E-state index contributed by atoms with van der Waals surface area (Å²) in [6.45, 7) is 3.60. The first kappa shape index (κ1) is 5.72. The molecule has 3 unspecified atom stereocenters. The molecule has 0 aromatic rings. The van der Waals surface area contributed by atoms with E-state index < -0.39 is 0 Å². The zero-order valence-corrected chi connectivity index (χ0v) is 6.06. The molecule has 9 heavy (non-hydrogen) atoms. The molecule has 1 saturated carbocycles. The molecule has 2 fully saturated rings. The van der Waals surface area contributed by atoms with Crippen LogP contribution in [0.1, 0.15) is 26.2 Å². The molecule has 0 spiro atoms. The lowest BCUT2D eigenvalue weighted by Gasteiger charge is -2.43. The van der Waals surface area contributed by atoms with Gasteiger partial charge < -0.3 is 5.32 Å². The highest BCUT2D eigenvalue weighted by molar-refractivity contribution is 4.89. The Morgan fingerprint density at radius 2 is 2.00 bits per heavy atom. The van der Waals surface area contributed by atoms with Gasteiger partial charge in [-0.2, -0.15) is 0 Å². The average molecular weight is 125 g/mol. The zero-order chi connectivity index (χ0) is 6.27. The van der Waals surface area contributed by atoms with E-state index in [4.69, 9.17) is 0 Å². The fraction of sp³-hybridized carbons (Fsp3) is 1.00. The molecule has 1 aliphatic carbocycles. The van der Waals surface area contributed by atoms with Gasteiger partial charge in [0, 0.05) is 6.04 Å². The van der Waals surface area contributed by atoms with Crippen LogP contribution in [0, 0.1) is 11.8 Å². The van der Waals surface area contributed by atoms with Crippen LogP contribution < -0.4 is 5.32 Å². The summed E-state index contributed by atoms with van der Waals surface area (Å²) in [4.78, 5) is 0. The van der Waals surface area contributed by atoms with E-state index in [0.717, 1.165) is 17.9 Å². The van der Waals surface area contributed by atoms with Crippen LogP contribution >= 0.6 is 0 Å². The largest absolute Gasteiger partial charge is 0.314 e. The molecule has 0 radical (unpaired) electrons. The Kier molecular flexibility index (Phi) is 1.26. The predicted molar refractivity (Wildman–Crippen MR) is 38.3 cm³/mol. The van der Waals surface area contributed by atoms with Gasteiger partial charge in [0.1, 0.15) is 0 Å². The maximum absolute atomic E-state index is 3.51. The van der Waals surface area contributed by atoms with Crippen LogP contribution in [0.15, 0.2) is 0 Å². The molecule has 1 saturated heterocycles. The molecule has 1 heteroatoms. The summed E-state index contributed by atoms with van der Waals surface area (Å²) in [6, 6.07) is 0.798. The van der Waals surface area contributed by atoms with E-state index in [-0.39, 0.29) is 0 Å². The molecule has 0 aromatic carbocycles. The summed E-state index contributed by atoms with van der Waals surface area (Å²) in [5.41, 5.74) is 0. The van der Waals surface area contributed by atoms with Crippen LogP contribution in [0.25, 0.3) is 0 Å². The van der Waals surface area contributed by atoms with Crippen molar-refractivity contribution in [1.29, 1.82) is 0 Å². The van der Waals surface area contributed by atoms with Crippen molar-refractivity contribution < 1.29 is 0 Å². The molecule has 1 aliphatic heterocycles. The molecule has 0 bridgehead atoms. The van der Waals surface area contributed by atoms with E-state index in [1.54, 1.807) is 0 Å². The van der Waals surface area contributed by atoms with Crippen LogP contribution in [-0.4, -0.2) is 12.6 Å². The lowest BCUT2D eigenvalue weighted by Crippen LogP contribution is -2.46. The second-order valence-electron chi connectivity index (χ2n) is 3.64. The van der Waals surface area contributed by atoms with Crippen LogP contribution in [0.5, 0.6) is 0 Å². The van der Waals surface area contributed by atoms with E-state index in [2.05, 4.69) is 12.2 Å². The average Bonchev–Trinajstić information content (AvgIpc) is 1.78. The highest BCUT2D eigenvalue weighted by Crippen LogP contribution is 2.39. The molecule has 1 nitrogen and oxygen atoms in total. The molecule has 52 valence electrons. The van der Waals surface area contributed by atoms with Crippen molar-refractivity contribution in [2.45, 2.75) is 32.2 Å². The molecule has 1 heterocycles. The van der Waals surface area contributed by atoms with Gasteiger partial charge in [-0.05, 0) is 44.6 Å². The van der Waals surface area contributed by atoms with E-state index in [1.165, 1.54) is 25.8 Å². The Balaban J connectivity index is 1.92. The summed E-state index contributed by atoms with van der Waals surface area (Å²) < 4.78 is 0. The molecular weight excluding hydrogens is 110 g/mol. The number of piperidine rings is 1. The van der Waals surface area contributed by atoms with E-state index in [1.807, 2.05) is 0 Å². The molecule has 0 aromatic heterocycles. The van der Waals surface area contributed by atoms with Gasteiger partial charge in [-0.3, -0.25) is 0 Å². The summed E-state index contributed by atoms with van der Waals surface area (Å²) >= 11 is 0. The Labute approximate surface area is 56.8 Å². The van der Waals surface area contributed by atoms with Crippen molar-refractivity contribution in [3.8, 4) is 0 Å². The number of rotatable bonds is 0. The lowest BCUT2D eigenvalue weighted by molar-refractivity contribution is 0.107. The fourth-order valence-corrected chi connectivity index (χ4v) is 2.11. The number of nitrogens with one attached hydrogen (secondary N) is 1.